The molecule has 2 aliphatic heterocycles. The van der Waals surface area contributed by atoms with E-state index in [1.807, 2.05) is 182 Å². The number of β-amino-alcohol motifs (C(OH)–C–C–N with tert-alkyl or cyclic N) is 1. The van der Waals surface area contributed by atoms with E-state index >= 15 is 0 Å². The van der Waals surface area contributed by atoms with Crippen molar-refractivity contribution in [1.82, 2.24) is 9.80 Å². The Morgan fingerprint density at radius 3 is 1.26 bits per heavy atom. The van der Waals surface area contributed by atoms with Gasteiger partial charge in [0.05, 0.1) is 44.9 Å². The Morgan fingerprint density at radius 2 is 0.886 bits per heavy atom. The molecule has 8 rings (SSSR count). The van der Waals surface area contributed by atoms with Gasteiger partial charge in [0.25, 0.3) is 0 Å². The van der Waals surface area contributed by atoms with Gasteiger partial charge in [-0.3, -0.25) is 9.59 Å². The summed E-state index contributed by atoms with van der Waals surface area (Å²) in [7, 11) is 2.65. The van der Waals surface area contributed by atoms with Crippen LogP contribution in [0.25, 0.3) is 12.2 Å². The van der Waals surface area contributed by atoms with Gasteiger partial charge in [-0.1, -0.05) is 230 Å². The summed E-state index contributed by atoms with van der Waals surface area (Å²) >= 11 is 3.32. The van der Waals surface area contributed by atoms with Crippen molar-refractivity contribution in [2.45, 2.75) is 56.4 Å². The number of rotatable bonds is 14. The molecule has 6 aromatic rings. The van der Waals surface area contributed by atoms with Gasteiger partial charge >= 0.3 is 11.9 Å². The minimum atomic E-state index is -0.748. The summed E-state index contributed by atoms with van der Waals surface area (Å²) < 4.78 is 15.9. The third kappa shape index (κ3) is 15.3. The van der Waals surface area contributed by atoms with Crippen LogP contribution < -0.4 is 0 Å². The van der Waals surface area contributed by atoms with E-state index in [0.29, 0.717) is 19.6 Å². The number of hydrogen-bond donors (Lipinski definition) is 1. The smallest absolute Gasteiger partial charge is 0.328 e. The fourth-order valence-electron chi connectivity index (χ4n) is 8.49. The first-order valence-electron chi connectivity index (χ1n) is 23.0. The van der Waals surface area contributed by atoms with Crippen molar-refractivity contribution in [3.8, 4) is 0 Å². The monoisotopic (exact) mass is 1010 g/mol. The molecule has 0 spiro atoms. The van der Waals surface area contributed by atoms with Crippen molar-refractivity contribution in [2.24, 2.45) is 0 Å². The Labute approximate surface area is 421 Å². The van der Waals surface area contributed by atoms with Crippen LogP contribution in [0.3, 0.4) is 0 Å². The topological polar surface area (TPSA) is 123 Å². The summed E-state index contributed by atoms with van der Waals surface area (Å²) in [4.78, 5) is 54.9. The van der Waals surface area contributed by atoms with Crippen LogP contribution in [-0.2, 0) is 33.4 Å². The number of nitrogens with zero attached hydrogens (tertiary/aromatic N) is 2. The van der Waals surface area contributed by atoms with Gasteiger partial charge in [-0.2, -0.15) is 0 Å². The molecule has 11 heteroatoms. The minimum Gasteiger partial charge on any atom is -0.467 e. The predicted octanol–water partition coefficient (Wildman–Crippen LogP) is 10.4. The highest BCUT2D eigenvalue weighted by Crippen LogP contribution is 2.33. The Morgan fingerprint density at radius 1 is 0.543 bits per heavy atom. The van der Waals surface area contributed by atoms with Crippen LogP contribution in [0.4, 0.5) is 0 Å². The highest BCUT2D eigenvalue weighted by molar-refractivity contribution is 9.09. The van der Waals surface area contributed by atoms with Gasteiger partial charge in [-0.05, 0) is 33.4 Å². The van der Waals surface area contributed by atoms with Crippen molar-refractivity contribution in [1.29, 1.82) is 0 Å². The highest BCUT2D eigenvalue weighted by Gasteiger charge is 2.44. The fraction of sp³-hybridized carbons (Fsp3) is 0.254. The quantitative estimate of drug-likeness (QED) is 0.0846. The van der Waals surface area contributed by atoms with Gasteiger partial charge in [-0.15, -0.1) is 0 Å². The Kier molecular flexibility index (Phi) is 22.0. The molecule has 10 nitrogen and oxygen atoms in total. The molecule has 2 amide bonds. The molecule has 0 aromatic heterocycles. The molecular weight excluding hydrogens is 945 g/mol. The lowest BCUT2D eigenvalue weighted by molar-refractivity contribution is -0.151. The number of esters is 2. The molecule has 0 bridgehead atoms. The number of amides is 2. The number of likely N-dealkylation sites (tertiary alicyclic amines) is 2. The van der Waals surface area contributed by atoms with Crippen LogP contribution >= 0.6 is 15.9 Å². The molecule has 4 atom stereocenters. The SMILES string of the molecule is BrC/C=C/c1ccccc1.C.COC(=O)[C@@H]1C[C@H](O)CN1C(=O)C(c1ccccc1)c1ccccc1.COC(=O)[C@@H]1C[C@H](OC/C=C/c2ccccc2)CN1C(=O)C(c1ccccc1)c1ccccc1. The maximum atomic E-state index is 13.9. The molecule has 6 aromatic carbocycles. The van der Waals surface area contributed by atoms with Gasteiger partial charge < -0.3 is 29.1 Å². The number of methoxy groups -OCH3 is 2. The van der Waals surface area contributed by atoms with Gasteiger partial charge in [-0.25, -0.2) is 9.59 Å². The summed E-state index contributed by atoms with van der Waals surface area (Å²) in [5.74, 6) is -2.28. The first-order chi connectivity index (χ1) is 33.7. The van der Waals surface area contributed by atoms with Crippen molar-refractivity contribution < 1.29 is 38.5 Å². The van der Waals surface area contributed by atoms with Crippen molar-refractivity contribution in [2.75, 3.05) is 39.2 Å². The average molecular weight is 1010 g/mol. The first kappa shape index (κ1) is 54.0. The van der Waals surface area contributed by atoms with E-state index in [-0.39, 0.29) is 38.3 Å². The van der Waals surface area contributed by atoms with Gasteiger partial charge in [0.15, 0.2) is 0 Å². The number of carbonyl (C=O) groups excluding carboxylic acids is 4. The molecule has 1 N–H and O–H groups in total. The lowest BCUT2D eigenvalue weighted by Crippen LogP contribution is -2.43. The lowest BCUT2D eigenvalue weighted by Gasteiger charge is -2.28. The lowest BCUT2D eigenvalue weighted by atomic mass is 9.90. The zero-order chi connectivity index (χ0) is 48.8. The van der Waals surface area contributed by atoms with Crippen molar-refractivity contribution in [3.63, 3.8) is 0 Å². The molecule has 0 radical (unpaired) electrons. The number of alkyl halides is 1. The van der Waals surface area contributed by atoms with Crippen LogP contribution in [0.2, 0.25) is 0 Å². The zero-order valence-corrected chi connectivity index (χ0v) is 40.5. The number of ether oxygens (including phenoxy) is 3. The molecule has 2 saturated heterocycles. The molecular formula is C59H63BrN2O8. The molecule has 0 unspecified atom stereocenters. The molecule has 2 fully saturated rings. The van der Waals surface area contributed by atoms with E-state index in [1.54, 1.807) is 4.90 Å². The second-order valence-electron chi connectivity index (χ2n) is 16.4. The van der Waals surface area contributed by atoms with Crippen LogP contribution in [-0.4, -0.2) is 102 Å². The number of carbonyl (C=O) groups is 4. The standard InChI is InChI=1S/C29H29NO4.C20H21NO4.C9H9Br.CH4/c1-33-29(32)26-20-25(34-19-11-14-22-12-5-2-6-13-22)21-30(26)28(31)27(23-15-7-3-8-16-23)24-17-9-4-10-18-24;1-25-20(24)17-12-16(22)13-21(17)19(23)18(14-8-4-2-5-9-14)15-10-6-3-7-11-15;10-8-4-7-9-5-2-1-3-6-9;/h2-18,25-27H,19-21H2,1H3;2-11,16-18,22H,12-13H2,1H3;1-7H,8H2;1H4/b14-11+;;7-4+;/t25-,26-;16-,17-;;/m00../s1. The average Bonchev–Trinajstić information content (AvgIpc) is 4.03. The number of hydrogen-bond acceptors (Lipinski definition) is 8. The van der Waals surface area contributed by atoms with Gasteiger partial charge in [0.2, 0.25) is 11.8 Å². The second-order valence-corrected chi connectivity index (χ2v) is 17.1. The number of allylic oxidation sites excluding steroid dienone is 1. The van der Waals surface area contributed by atoms with E-state index in [4.69, 9.17) is 14.2 Å². The maximum Gasteiger partial charge on any atom is 0.328 e. The fourth-order valence-corrected chi connectivity index (χ4v) is 8.68. The number of aliphatic hydroxyl groups excluding tert-OH is 1. The summed E-state index contributed by atoms with van der Waals surface area (Å²) in [6.45, 7) is 0.874. The zero-order valence-electron chi connectivity index (χ0n) is 38.9. The van der Waals surface area contributed by atoms with E-state index in [0.717, 1.165) is 33.1 Å². The largest absolute Gasteiger partial charge is 0.467 e. The summed E-state index contributed by atoms with van der Waals surface area (Å²) in [6, 6.07) is 57.1. The van der Waals surface area contributed by atoms with E-state index in [2.05, 4.69) is 40.2 Å². The van der Waals surface area contributed by atoms with Gasteiger partial charge in [0.1, 0.15) is 12.1 Å². The third-order valence-electron chi connectivity index (χ3n) is 11.8. The third-order valence-corrected chi connectivity index (χ3v) is 12.2. The summed E-state index contributed by atoms with van der Waals surface area (Å²) in [5.41, 5.74) is 5.82. The maximum absolute atomic E-state index is 13.9. The molecule has 0 aliphatic carbocycles. The van der Waals surface area contributed by atoms with Crippen LogP contribution in [0.1, 0.15) is 65.5 Å². The van der Waals surface area contributed by atoms with Crippen LogP contribution in [0, 0.1) is 0 Å². The number of aliphatic hydroxyl groups is 1. The Bertz CT molecular complexity index is 2470. The normalized spacial score (nSPS) is 17.3. The molecule has 0 saturated carbocycles. The Hall–Kier alpha value is -6.92. The summed E-state index contributed by atoms with van der Waals surface area (Å²) in [5, 5.41) is 10.9. The van der Waals surface area contributed by atoms with E-state index in [9.17, 15) is 24.3 Å². The van der Waals surface area contributed by atoms with Crippen molar-refractivity contribution in [3.05, 3.63) is 228 Å². The number of halogens is 1. The number of benzene rings is 6. The Balaban J connectivity index is 0.000000221. The minimum absolute atomic E-state index is 0. The highest BCUT2D eigenvalue weighted by atomic mass is 79.9. The summed E-state index contributed by atoms with van der Waals surface area (Å²) in [6.07, 6.45) is 7.76. The second kappa shape index (κ2) is 28.5. The first-order valence-corrected chi connectivity index (χ1v) is 24.1. The molecule has 2 aliphatic rings. The van der Waals surface area contributed by atoms with Crippen LogP contribution in [0.5, 0.6) is 0 Å². The van der Waals surface area contributed by atoms with E-state index in [1.165, 1.54) is 24.7 Å². The van der Waals surface area contributed by atoms with Crippen molar-refractivity contribution >= 4 is 51.8 Å². The predicted molar refractivity (Wildman–Crippen MR) is 281 cm³/mol. The van der Waals surface area contributed by atoms with Crippen LogP contribution in [0.15, 0.2) is 194 Å². The molecule has 2 heterocycles. The van der Waals surface area contributed by atoms with E-state index < -0.39 is 42.0 Å². The molecule has 70 heavy (non-hydrogen) atoms. The molecule has 364 valence electrons. The van der Waals surface area contributed by atoms with Gasteiger partial charge in [0, 0.05) is 31.3 Å².